The zero-order valence-electron chi connectivity index (χ0n) is 11.4. The summed E-state index contributed by atoms with van der Waals surface area (Å²) >= 11 is 3.77. The molecule has 0 amide bonds. The zero-order chi connectivity index (χ0) is 13.7. The van der Waals surface area contributed by atoms with Gasteiger partial charge in [-0.25, -0.2) is 0 Å². The minimum Gasteiger partial charge on any atom is -0.497 e. The number of benzene rings is 2. The average molecular weight is 319 g/mol. The molecule has 0 saturated heterocycles. The van der Waals surface area contributed by atoms with Crippen LogP contribution in [0.2, 0.25) is 0 Å². The van der Waals surface area contributed by atoms with E-state index in [0.717, 1.165) is 18.6 Å². The van der Waals surface area contributed by atoms with Crippen molar-refractivity contribution in [3.05, 3.63) is 65.2 Å². The Kier molecular flexibility index (Phi) is 5.03. The van der Waals surface area contributed by atoms with Gasteiger partial charge in [0.05, 0.1) is 7.11 Å². The Morgan fingerprint density at radius 3 is 2.47 bits per heavy atom. The Labute approximate surface area is 123 Å². The van der Waals surface area contributed by atoms with E-state index in [9.17, 15) is 0 Å². The Hall–Kier alpha value is -1.28. The van der Waals surface area contributed by atoms with Gasteiger partial charge < -0.3 is 4.74 Å². The lowest BCUT2D eigenvalue weighted by atomic mass is 10.0. The number of aryl methyl sites for hydroxylation is 2. The third-order valence-electron chi connectivity index (χ3n) is 3.38. The van der Waals surface area contributed by atoms with Crippen molar-refractivity contribution in [1.29, 1.82) is 0 Å². The van der Waals surface area contributed by atoms with E-state index in [-0.39, 0.29) is 0 Å². The molecule has 0 aromatic heterocycles. The summed E-state index contributed by atoms with van der Waals surface area (Å²) in [5.74, 6) is 0.930. The molecule has 0 fully saturated rings. The Morgan fingerprint density at radius 1 is 1.11 bits per heavy atom. The van der Waals surface area contributed by atoms with E-state index >= 15 is 0 Å². The van der Waals surface area contributed by atoms with Crippen molar-refractivity contribution >= 4 is 15.9 Å². The standard InChI is InChI=1S/C17H19BrO/c1-13-12-16(19-2)10-8-14(13)9-11-17(18)15-6-4-3-5-7-15/h3-8,10,12,17H,9,11H2,1-2H3. The summed E-state index contributed by atoms with van der Waals surface area (Å²) in [6.07, 6.45) is 2.16. The van der Waals surface area contributed by atoms with E-state index in [0.29, 0.717) is 4.83 Å². The molecule has 1 nitrogen and oxygen atoms in total. The summed E-state index contributed by atoms with van der Waals surface area (Å²) in [6.45, 7) is 2.14. The summed E-state index contributed by atoms with van der Waals surface area (Å²) in [4.78, 5) is 0.412. The molecular weight excluding hydrogens is 300 g/mol. The quantitative estimate of drug-likeness (QED) is 0.699. The lowest BCUT2D eigenvalue weighted by Gasteiger charge is -2.12. The maximum atomic E-state index is 5.24. The molecule has 0 saturated carbocycles. The van der Waals surface area contributed by atoms with Gasteiger partial charge in [0, 0.05) is 4.83 Å². The van der Waals surface area contributed by atoms with Gasteiger partial charge in [0.1, 0.15) is 5.75 Å². The molecule has 0 bridgehead atoms. The molecule has 2 rings (SSSR count). The second kappa shape index (κ2) is 6.76. The van der Waals surface area contributed by atoms with Crippen LogP contribution < -0.4 is 4.74 Å². The maximum absolute atomic E-state index is 5.24. The summed E-state index contributed by atoms with van der Waals surface area (Å²) in [7, 11) is 1.71. The van der Waals surface area contributed by atoms with Crippen LogP contribution in [0.15, 0.2) is 48.5 Å². The van der Waals surface area contributed by atoms with E-state index in [2.05, 4.69) is 65.3 Å². The van der Waals surface area contributed by atoms with Gasteiger partial charge in [-0.1, -0.05) is 52.3 Å². The highest BCUT2D eigenvalue weighted by Crippen LogP contribution is 2.28. The number of ether oxygens (including phenoxy) is 1. The van der Waals surface area contributed by atoms with E-state index in [4.69, 9.17) is 4.74 Å². The van der Waals surface area contributed by atoms with Crippen molar-refractivity contribution in [2.45, 2.75) is 24.6 Å². The molecule has 1 unspecified atom stereocenters. The smallest absolute Gasteiger partial charge is 0.119 e. The number of hydrogen-bond acceptors (Lipinski definition) is 1. The van der Waals surface area contributed by atoms with Crippen LogP contribution in [-0.2, 0) is 6.42 Å². The highest BCUT2D eigenvalue weighted by atomic mass is 79.9. The van der Waals surface area contributed by atoms with Crippen LogP contribution in [0.4, 0.5) is 0 Å². The Bertz CT molecular complexity index is 522. The highest BCUT2D eigenvalue weighted by molar-refractivity contribution is 9.09. The van der Waals surface area contributed by atoms with E-state index in [1.807, 2.05) is 6.07 Å². The number of halogens is 1. The monoisotopic (exact) mass is 318 g/mol. The molecule has 19 heavy (non-hydrogen) atoms. The molecule has 0 aliphatic carbocycles. The summed E-state index contributed by atoms with van der Waals surface area (Å²) in [5.41, 5.74) is 4.03. The van der Waals surface area contributed by atoms with Crippen molar-refractivity contribution in [2.75, 3.05) is 7.11 Å². The molecule has 2 aromatic rings. The Balaban J connectivity index is 1.99. The largest absolute Gasteiger partial charge is 0.497 e. The van der Waals surface area contributed by atoms with Gasteiger partial charge in [-0.3, -0.25) is 0 Å². The minimum absolute atomic E-state index is 0.412. The molecular formula is C17H19BrO. The fourth-order valence-electron chi connectivity index (χ4n) is 2.19. The van der Waals surface area contributed by atoms with Crippen molar-refractivity contribution in [3.63, 3.8) is 0 Å². The van der Waals surface area contributed by atoms with Crippen LogP contribution in [0.1, 0.15) is 27.9 Å². The predicted molar refractivity (Wildman–Crippen MR) is 84.2 cm³/mol. The van der Waals surface area contributed by atoms with Gasteiger partial charge >= 0.3 is 0 Å². The SMILES string of the molecule is COc1ccc(CCC(Br)c2ccccc2)c(C)c1. The number of rotatable bonds is 5. The lowest BCUT2D eigenvalue weighted by molar-refractivity contribution is 0.414. The molecule has 100 valence electrons. The molecule has 0 spiro atoms. The second-order valence-corrected chi connectivity index (χ2v) is 5.81. The third-order valence-corrected chi connectivity index (χ3v) is 4.36. The molecule has 0 heterocycles. The second-order valence-electron chi connectivity index (χ2n) is 4.71. The lowest BCUT2D eigenvalue weighted by Crippen LogP contribution is -1.96. The summed E-state index contributed by atoms with van der Waals surface area (Å²) in [5, 5.41) is 0. The van der Waals surface area contributed by atoms with Crippen molar-refractivity contribution in [2.24, 2.45) is 0 Å². The average Bonchev–Trinajstić information content (AvgIpc) is 2.46. The van der Waals surface area contributed by atoms with Gasteiger partial charge in [0.25, 0.3) is 0 Å². The maximum Gasteiger partial charge on any atom is 0.119 e. The van der Waals surface area contributed by atoms with Crippen LogP contribution in [0.5, 0.6) is 5.75 Å². The molecule has 0 N–H and O–H groups in total. The van der Waals surface area contributed by atoms with Crippen molar-refractivity contribution in [3.8, 4) is 5.75 Å². The number of methoxy groups -OCH3 is 1. The van der Waals surface area contributed by atoms with E-state index in [1.54, 1.807) is 7.11 Å². The fraction of sp³-hybridized carbons (Fsp3) is 0.294. The normalized spacial score (nSPS) is 12.2. The molecule has 1 atom stereocenters. The van der Waals surface area contributed by atoms with E-state index < -0.39 is 0 Å². The molecule has 0 aliphatic rings. The fourth-order valence-corrected chi connectivity index (χ4v) is 2.72. The highest BCUT2D eigenvalue weighted by Gasteiger charge is 2.08. The van der Waals surface area contributed by atoms with Gasteiger partial charge in [-0.15, -0.1) is 0 Å². The molecule has 0 aliphatic heterocycles. The first-order valence-electron chi connectivity index (χ1n) is 6.53. The predicted octanol–water partition coefficient (Wildman–Crippen LogP) is 5.07. The van der Waals surface area contributed by atoms with Gasteiger partial charge in [0.2, 0.25) is 0 Å². The van der Waals surface area contributed by atoms with Crippen LogP contribution in [-0.4, -0.2) is 7.11 Å². The zero-order valence-corrected chi connectivity index (χ0v) is 13.0. The first-order chi connectivity index (χ1) is 9.20. The van der Waals surface area contributed by atoms with Crippen LogP contribution >= 0.6 is 15.9 Å². The van der Waals surface area contributed by atoms with Crippen LogP contribution in [0.3, 0.4) is 0 Å². The van der Waals surface area contributed by atoms with Gasteiger partial charge in [-0.2, -0.15) is 0 Å². The molecule has 2 aromatic carbocycles. The van der Waals surface area contributed by atoms with Crippen LogP contribution in [0.25, 0.3) is 0 Å². The first-order valence-corrected chi connectivity index (χ1v) is 7.45. The molecule has 2 heteroatoms. The molecule has 0 radical (unpaired) electrons. The van der Waals surface area contributed by atoms with Crippen LogP contribution in [0, 0.1) is 6.92 Å². The Morgan fingerprint density at radius 2 is 1.84 bits per heavy atom. The van der Waals surface area contributed by atoms with Crippen molar-refractivity contribution < 1.29 is 4.74 Å². The topological polar surface area (TPSA) is 9.23 Å². The third kappa shape index (κ3) is 3.84. The first kappa shape index (κ1) is 14.1. The van der Waals surface area contributed by atoms with E-state index in [1.165, 1.54) is 16.7 Å². The van der Waals surface area contributed by atoms with Gasteiger partial charge in [-0.05, 0) is 48.6 Å². The number of hydrogen-bond donors (Lipinski definition) is 0. The minimum atomic E-state index is 0.412. The van der Waals surface area contributed by atoms with Gasteiger partial charge in [0.15, 0.2) is 0 Å². The summed E-state index contributed by atoms with van der Waals surface area (Å²) in [6, 6.07) is 16.9. The number of alkyl halides is 1. The van der Waals surface area contributed by atoms with Crippen molar-refractivity contribution in [1.82, 2.24) is 0 Å². The summed E-state index contributed by atoms with van der Waals surface area (Å²) < 4.78 is 5.24.